The van der Waals surface area contributed by atoms with Crippen LogP contribution in [0.25, 0.3) is 0 Å². The van der Waals surface area contributed by atoms with Gasteiger partial charge in [-0.3, -0.25) is 0 Å². The molecule has 0 aliphatic carbocycles. The molecule has 0 N–H and O–H groups in total. The highest BCUT2D eigenvalue weighted by Gasteiger charge is 2.17. The molecule has 2 aromatic rings. The van der Waals surface area contributed by atoms with Crippen LogP contribution < -0.4 is 4.74 Å². The van der Waals surface area contributed by atoms with E-state index in [2.05, 4.69) is 9.97 Å². The third-order valence-corrected chi connectivity index (χ3v) is 3.94. The van der Waals surface area contributed by atoms with Gasteiger partial charge >= 0.3 is 0 Å². The molecule has 0 radical (unpaired) electrons. The number of aromatic nitrogens is 2. The average Bonchev–Trinajstić information content (AvgIpc) is 2.40. The average molecular weight is 250 g/mol. The molecule has 0 fully saturated rings. The van der Waals surface area contributed by atoms with E-state index < -0.39 is 9.84 Å². The van der Waals surface area contributed by atoms with E-state index in [4.69, 9.17) is 4.74 Å². The molecule has 0 saturated carbocycles. The molecule has 0 unspecified atom stereocenters. The van der Waals surface area contributed by atoms with Gasteiger partial charge in [-0.15, -0.1) is 0 Å². The minimum atomic E-state index is -3.54. The Kier molecular flexibility index (Phi) is 3.06. The summed E-state index contributed by atoms with van der Waals surface area (Å²) in [6.07, 6.45) is 3.83. The second kappa shape index (κ2) is 4.50. The maximum Gasteiger partial charge on any atom is 0.209 e. The zero-order valence-electron chi connectivity index (χ0n) is 9.07. The molecule has 0 spiro atoms. The van der Waals surface area contributed by atoms with Gasteiger partial charge in [0.15, 0.2) is 0 Å². The molecule has 0 aliphatic rings. The number of rotatable bonds is 3. The van der Waals surface area contributed by atoms with Gasteiger partial charge in [-0.2, -0.15) is 0 Å². The molecule has 1 aromatic carbocycles. The van der Waals surface area contributed by atoms with Crippen molar-refractivity contribution in [2.45, 2.75) is 9.79 Å². The molecule has 0 aliphatic heterocycles. The highest BCUT2D eigenvalue weighted by molar-refractivity contribution is 7.91. The number of nitrogens with zero attached hydrogens (tertiary/aromatic N) is 2. The largest absolute Gasteiger partial charge is 0.497 e. The third kappa shape index (κ3) is 2.26. The molecule has 0 atom stereocenters. The summed E-state index contributed by atoms with van der Waals surface area (Å²) in [5, 5.41) is 0. The Morgan fingerprint density at radius 1 is 1.00 bits per heavy atom. The molecular weight excluding hydrogens is 240 g/mol. The van der Waals surface area contributed by atoms with Crippen LogP contribution >= 0.6 is 0 Å². The van der Waals surface area contributed by atoms with E-state index in [0.29, 0.717) is 5.75 Å². The van der Waals surface area contributed by atoms with Crippen molar-refractivity contribution in [1.82, 2.24) is 9.97 Å². The van der Waals surface area contributed by atoms with Gasteiger partial charge in [-0.05, 0) is 24.3 Å². The van der Waals surface area contributed by atoms with Crippen molar-refractivity contribution in [2.24, 2.45) is 0 Å². The Hall–Kier alpha value is -1.95. The molecule has 1 aromatic heterocycles. The molecule has 17 heavy (non-hydrogen) atoms. The number of methoxy groups -OCH3 is 1. The third-order valence-electron chi connectivity index (χ3n) is 2.22. The first-order valence-electron chi connectivity index (χ1n) is 4.79. The van der Waals surface area contributed by atoms with Crippen molar-refractivity contribution in [1.29, 1.82) is 0 Å². The topological polar surface area (TPSA) is 69.2 Å². The number of ether oxygens (including phenoxy) is 1. The van der Waals surface area contributed by atoms with Crippen LogP contribution in [-0.4, -0.2) is 25.5 Å². The van der Waals surface area contributed by atoms with Crippen LogP contribution in [0.4, 0.5) is 0 Å². The van der Waals surface area contributed by atoms with Crippen LogP contribution in [0.15, 0.2) is 52.8 Å². The van der Waals surface area contributed by atoms with Gasteiger partial charge in [0, 0.05) is 12.4 Å². The second-order valence-corrected chi connectivity index (χ2v) is 5.20. The van der Waals surface area contributed by atoms with Gasteiger partial charge in [0.05, 0.1) is 12.0 Å². The number of sulfone groups is 1. The van der Waals surface area contributed by atoms with Crippen molar-refractivity contribution in [2.75, 3.05) is 7.11 Å². The van der Waals surface area contributed by atoms with E-state index in [1.54, 1.807) is 12.1 Å². The van der Waals surface area contributed by atoms with E-state index in [-0.39, 0.29) is 9.79 Å². The molecule has 6 heteroatoms. The Labute approximate surface area is 99.0 Å². The van der Waals surface area contributed by atoms with Crippen molar-refractivity contribution in [3.05, 3.63) is 43.0 Å². The summed E-state index contributed by atoms with van der Waals surface area (Å²) in [5.41, 5.74) is 0. The number of hydrogen-bond acceptors (Lipinski definition) is 5. The van der Waals surface area contributed by atoms with Gasteiger partial charge in [0.25, 0.3) is 0 Å². The zero-order chi connectivity index (χ0) is 12.3. The van der Waals surface area contributed by atoms with Gasteiger partial charge in [-0.25, -0.2) is 18.4 Å². The fourth-order valence-corrected chi connectivity index (χ4v) is 2.48. The maximum atomic E-state index is 12.1. The second-order valence-electron chi connectivity index (χ2n) is 3.25. The quantitative estimate of drug-likeness (QED) is 0.821. The van der Waals surface area contributed by atoms with Crippen molar-refractivity contribution < 1.29 is 13.2 Å². The fraction of sp³-hybridized carbons (Fsp3) is 0.0909. The maximum absolute atomic E-state index is 12.1. The predicted molar refractivity (Wildman–Crippen MR) is 60.5 cm³/mol. The van der Waals surface area contributed by atoms with Gasteiger partial charge in [0.2, 0.25) is 9.84 Å². The minimum absolute atomic E-state index is 0.0742. The lowest BCUT2D eigenvalue weighted by atomic mass is 10.3. The SMILES string of the molecule is COc1ccc(S(=O)(=O)c2cncnc2)cc1. The molecule has 1 heterocycles. The standard InChI is InChI=1S/C11H10N2O3S/c1-16-9-2-4-10(5-3-9)17(14,15)11-6-12-8-13-7-11/h2-8H,1H3. The normalized spacial score (nSPS) is 11.1. The molecule has 5 nitrogen and oxygen atoms in total. The van der Waals surface area contributed by atoms with E-state index in [0.717, 1.165) is 0 Å². The fourth-order valence-electron chi connectivity index (χ4n) is 1.32. The lowest BCUT2D eigenvalue weighted by Crippen LogP contribution is -2.02. The Morgan fingerprint density at radius 2 is 1.59 bits per heavy atom. The first-order chi connectivity index (χ1) is 8.14. The van der Waals surface area contributed by atoms with Crippen molar-refractivity contribution in [3.8, 4) is 5.75 Å². The van der Waals surface area contributed by atoms with Gasteiger partial charge < -0.3 is 4.74 Å². The molecular formula is C11H10N2O3S. The van der Waals surface area contributed by atoms with E-state index in [1.807, 2.05) is 0 Å². The molecule has 0 bridgehead atoms. The number of benzene rings is 1. The highest BCUT2D eigenvalue weighted by atomic mass is 32.2. The Morgan fingerprint density at radius 3 is 2.12 bits per heavy atom. The van der Waals surface area contributed by atoms with Crippen LogP contribution in [0.3, 0.4) is 0 Å². The Bertz CT molecular complexity index is 594. The van der Waals surface area contributed by atoms with Gasteiger partial charge in [0.1, 0.15) is 17.0 Å². The van der Waals surface area contributed by atoms with Crippen LogP contribution in [0.2, 0.25) is 0 Å². The van der Waals surface area contributed by atoms with Crippen molar-refractivity contribution in [3.63, 3.8) is 0 Å². The molecule has 0 saturated heterocycles. The first-order valence-corrected chi connectivity index (χ1v) is 6.27. The molecule has 2 rings (SSSR count). The summed E-state index contributed by atoms with van der Waals surface area (Å²) in [7, 11) is -2.02. The van der Waals surface area contributed by atoms with E-state index in [9.17, 15) is 8.42 Å². The van der Waals surface area contributed by atoms with Crippen LogP contribution in [0.5, 0.6) is 5.75 Å². The van der Waals surface area contributed by atoms with Crippen molar-refractivity contribution >= 4 is 9.84 Å². The molecule has 88 valence electrons. The van der Waals surface area contributed by atoms with Crippen LogP contribution in [0.1, 0.15) is 0 Å². The minimum Gasteiger partial charge on any atom is -0.497 e. The lowest BCUT2D eigenvalue weighted by Gasteiger charge is -2.04. The summed E-state index contributed by atoms with van der Waals surface area (Å²) >= 11 is 0. The van der Waals surface area contributed by atoms with E-state index in [1.165, 1.54) is 38.0 Å². The Balaban J connectivity index is 2.45. The van der Waals surface area contributed by atoms with E-state index >= 15 is 0 Å². The monoisotopic (exact) mass is 250 g/mol. The first kappa shape index (κ1) is 11.5. The summed E-state index contributed by atoms with van der Waals surface area (Å²) in [4.78, 5) is 7.65. The summed E-state index contributed by atoms with van der Waals surface area (Å²) in [6, 6.07) is 6.16. The lowest BCUT2D eigenvalue weighted by molar-refractivity contribution is 0.414. The molecule has 0 amide bonds. The smallest absolute Gasteiger partial charge is 0.209 e. The summed E-state index contributed by atoms with van der Waals surface area (Å²) < 4.78 is 29.2. The summed E-state index contributed by atoms with van der Waals surface area (Å²) in [5.74, 6) is 0.605. The number of hydrogen-bond donors (Lipinski definition) is 0. The highest BCUT2D eigenvalue weighted by Crippen LogP contribution is 2.21. The van der Waals surface area contributed by atoms with Gasteiger partial charge in [-0.1, -0.05) is 0 Å². The summed E-state index contributed by atoms with van der Waals surface area (Å²) in [6.45, 7) is 0. The zero-order valence-corrected chi connectivity index (χ0v) is 9.89. The van der Waals surface area contributed by atoms with Crippen LogP contribution in [-0.2, 0) is 9.84 Å². The van der Waals surface area contributed by atoms with Crippen LogP contribution in [0, 0.1) is 0 Å². The predicted octanol–water partition coefficient (Wildman–Crippen LogP) is 1.32.